The molecule has 0 aliphatic carbocycles. The Morgan fingerprint density at radius 1 is 0.938 bits per heavy atom. The molecule has 8 heteroatoms. The van der Waals surface area contributed by atoms with Gasteiger partial charge < -0.3 is 14.8 Å². The van der Waals surface area contributed by atoms with Gasteiger partial charge in [-0.05, 0) is 61.0 Å². The number of nitrogens with zero attached hydrogens (tertiary/aromatic N) is 1. The zero-order valence-electron chi connectivity index (χ0n) is 18.2. The molecule has 7 nitrogen and oxygen atoms in total. The Hall–Kier alpha value is -3.52. The Bertz CT molecular complexity index is 1130. The van der Waals surface area contributed by atoms with Gasteiger partial charge >= 0.3 is 0 Å². The Kier molecular flexibility index (Phi) is 7.37. The van der Waals surface area contributed by atoms with Crippen molar-refractivity contribution >= 4 is 27.3 Å². The van der Waals surface area contributed by atoms with Crippen LogP contribution < -0.4 is 19.1 Å². The molecule has 168 valence electrons. The summed E-state index contributed by atoms with van der Waals surface area (Å²) in [6.45, 7) is 2.11. The van der Waals surface area contributed by atoms with Crippen LogP contribution in [0, 0.1) is 0 Å². The summed E-state index contributed by atoms with van der Waals surface area (Å²) in [5.74, 6) is 0.860. The number of sulfonamides is 1. The van der Waals surface area contributed by atoms with E-state index in [1.165, 1.54) is 11.4 Å². The third-order valence-corrected chi connectivity index (χ3v) is 5.96. The van der Waals surface area contributed by atoms with E-state index in [0.29, 0.717) is 29.5 Å². The maximum absolute atomic E-state index is 12.5. The van der Waals surface area contributed by atoms with Gasteiger partial charge in [-0.1, -0.05) is 30.3 Å². The Morgan fingerprint density at radius 2 is 1.53 bits per heavy atom. The number of ether oxygens (including phenoxy) is 2. The van der Waals surface area contributed by atoms with Gasteiger partial charge in [-0.3, -0.25) is 9.10 Å². The molecule has 0 spiro atoms. The molecule has 32 heavy (non-hydrogen) atoms. The Balaban J connectivity index is 1.51. The van der Waals surface area contributed by atoms with Gasteiger partial charge in [0.1, 0.15) is 18.1 Å². The normalized spacial score (nSPS) is 12.0. The van der Waals surface area contributed by atoms with Crippen LogP contribution in [-0.4, -0.2) is 33.7 Å². The van der Waals surface area contributed by atoms with Crippen molar-refractivity contribution < 1.29 is 22.7 Å². The predicted molar refractivity (Wildman–Crippen MR) is 126 cm³/mol. The fraction of sp³-hybridized carbons (Fsp3) is 0.208. The van der Waals surface area contributed by atoms with Gasteiger partial charge in [-0.2, -0.15) is 0 Å². The molecule has 0 unspecified atom stereocenters. The minimum absolute atomic E-state index is 0.305. The highest BCUT2D eigenvalue weighted by Crippen LogP contribution is 2.22. The summed E-state index contributed by atoms with van der Waals surface area (Å²) in [4.78, 5) is 12.5. The van der Waals surface area contributed by atoms with E-state index in [4.69, 9.17) is 9.47 Å². The number of carbonyl (C=O) groups is 1. The summed E-state index contributed by atoms with van der Waals surface area (Å²) in [6.07, 6.45) is 0.383. The topological polar surface area (TPSA) is 84.9 Å². The molecule has 0 fully saturated rings. The first-order valence-electron chi connectivity index (χ1n) is 10.0. The predicted octanol–water partition coefficient (Wildman–Crippen LogP) is 4.07. The highest BCUT2D eigenvalue weighted by atomic mass is 32.2. The summed E-state index contributed by atoms with van der Waals surface area (Å²) >= 11 is 0. The van der Waals surface area contributed by atoms with Crippen molar-refractivity contribution in [3.05, 3.63) is 84.4 Å². The third kappa shape index (κ3) is 6.49. The van der Waals surface area contributed by atoms with Crippen molar-refractivity contribution in [1.29, 1.82) is 0 Å². The summed E-state index contributed by atoms with van der Waals surface area (Å²) < 4.78 is 35.8. The molecule has 0 heterocycles. The molecule has 0 aromatic heterocycles. The van der Waals surface area contributed by atoms with Gasteiger partial charge in [-0.25, -0.2) is 8.42 Å². The molecule has 1 N–H and O–H groups in total. The van der Waals surface area contributed by atoms with Crippen molar-refractivity contribution in [3.8, 4) is 11.5 Å². The summed E-state index contributed by atoms with van der Waals surface area (Å²) in [5.41, 5.74) is 2.21. The second-order valence-corrected chi connectivity index (χ2v) is 9.29. The minimum atomic E-state index is -3.34. The van der Waals surface area contributed by atoms with Gasteiger partial charge in [0.2, 0.25) is 10.0 Å². The SMILES string of the molecule is C[C@@H](Oc1ccc(N(C)S(C)(=O)=O)cc1)C(=O)Nc1ccc(OCc2ccccc2)cc1. The average Bonchev–Trinajstić information content (AvgIpc) is 2.78. The Morgan fingerprint density at radius 3 is 2.12 bits per heavy atom. The van der Waals surface area contributed by atoms with Crippen LogP contribution in [0.1, 0.15) is 12.5 Å². The van der Waals surface area contributed by atoms with Crippen molar-refractivity contribution in [2.45, 2.75) is 19.6 Å². The molecule has 0 saturated heterocycles. The van der Waals surface area contributed by atoms with E-state index in [-0.39, 0.29) is 5.91 Å². The van der Waals surface area contributed by atoms with Gasteiger partial charge in [0, 0.05) is 12.7 Å². The smallest absolute Gasteiger partial charge is 0.265 e. The number of hydrogen-bond donors (Lipinski definition) is 1. The fourth-order valence-electron chi connectivity index (χ4n) is 2.80. The number of carbonyl (C=O) groups excluding carboxylic acids is 1. The molecule has 0 bridgehead atoms. The maximum Gasteiger partial charge on any atom is 0.265 e. The number of amides is 1. The van der Waals surface area contributed by atoms with E-state index >= 15 is 0 Å². The van der Waals surface area contributed by atoms with Crippen molar-refractivity contribution in [1.82, 2.24) is 0 Å². The standard InChI is InChI=1S/C24H26N2O5S/c1-18(31-23-15-11-21(12-16-23)26(2)32(3,28)29)24(27)25-20-9-13-22(14-10-20)30-17-19-7-5-4-6-8-19/h4-16,18H,17H2,1-3H3,(H,25,27)/t18-/m1/s1. The number of nitrogens with one attached hydrogen (secondary N) is 1. The van der Waals surface area contributed by atoms with Gasteiger partial charge in [-0.15, -0.1) is 0 Å². The van der Waals surface area contributed by atoms with Crippen LogP contribution in [0.3, 0.4) is 0 Å². The van der Waals surface area contributed by atoms with E-state index in [1.54, 1.807) is 55.5 Å². The monoisotopic (exact) mass is 454 g/mol. The molecule has 1 amide bonds. The van der Waals surface area contributed by atoms with E-state index < -0.39 is 16.1 Å². The largest absolute Gasteiger partial charge is 0.489 e. The molecule has 1 atom stereocenters. The molecule has 3 aromatic rings. The first-order chi connectivity index (χ1) is 15.2. The lowest BCUT2D eigenvalue weighted by atomic mass is 10.2. The fourth-order valence-corrected chi connectivity index (χ4v) is 3.31. The van der Waals surface area contributed by atoms with Gasteiger partial charge in [0.25, 0.3) is 5.91 Å². The van der Waals surface area contributed by atoms with Gasteiger partial charge in [0.05, 0.1) is 11.9 Å². The van der Waals surface area contributed by atoms with Crippen LogP contribution in [0.4, 0.5) is 11.4 Å². The first-order valence-corrected chi connectivity index (χ1v) is 11.9. The lowest BCUT2D eigenvalue weighted by Gasteiger charge is -2.18. The number of rotatable bonds is 9. The van der Waals surface area contributed by atoms with Crippen LogP contribution in [0.25, 0.3) is 0 Å². The lowest BCUT2D eigenvalue weighted by molar-refractivity contribution is -0.122. The summed E-state index contributed by atoms with van der Waals surface area (Å²) in [5, 5.41) is 2.81. The maximum atomic E-state index is 12.5. The van der Waals surface area contributed by atoms with E-state index in [1.807, 2.05) is 30.3 Å². The zero-order chi connectivity index (χ0) is 23.1. The average molecular weight is 455 g/mol. The lowest BCUT2D eigenvalue weighted by Crippen LogP contribution is -2.30. The summed E-state index contributed by atoms with van der Waals surface area (Å²) in [6, 6.07) is 23.5. The van der Waals surface area contributed by atoms with Crippen molar-refractivity contribution in [2.75, 3.05) is 22.9 Å². The second kappa shape index (κ2) is 10.2. The van der Waals surface area contributed by atoms with Crippen LogP contribution in [0.15, 0.2) is 78.9 Å². The van der Waals surface area contributed by atoms with Crippen LogP contribution in [-0.2, 0) is 21.4 Å². The van der Waals surface area contributed by atoms with E-state index in [2.05, 4.69) is 5.32 Å². The number of benzene rings is 3. The highest BCUT2D eigenvalue weighted by molar-refractivity contribution is 7.92. The molecule has 0 aliphatic rings. The zero-order valence-corrected chi connectivity index (χ0v) is 19.0. The number of hydrogen-bond acceptors (Lipinski definition) is 5. The Labute approximate surface area is 188 Å². The van der Waals surface area contributed by atoms with Crippen LogP contribution >= 0.6 is 0 Å². The second-order valence-electron chi connectivity index (χ2n) is 7.27. The molecule has 0 radical (unpaired) electrons. The molecule has 0 saturated carbocycles. The van der Waals surface area contributed by atoms with Gasteiger partial charge in [0.15, 0.2) is 6.10 Å². The van der Waals surface area contributed by atoms with E-state index in [9.17, 15) is 13.2 Å². The van der Waals surface area contributed by atoms with E-state index in [0.717, 1.165) is 11.8 Å². The van der Waals surface area contributed by atoms with Crippen LogP contribution in [0.2, 0.25) is 0 Å². The minimum Gasteiger partial charge on any atom is -0.489 e. The molecule has 0 aliphatic heterocycles. The van der Waals surface area contributed by atoms with Crippen molar-refractivity contribution in [3.63, 3.8) is 0 Å². The quantitative estimate of drug-likeness (QED) is 0.527. The van der Waals surface area contributed by atoms with Crippen LogP contribution in [0.5, 0.6) is 11.5 Å². The number of anilines is 2. The third-order valence-electron chi connectivity index (χ3n) is 4.75. The summed E-state index contributed by atoms with van der Waals surface area (Å²) in [7, 11) is -1.87. The molecule has 3 aromatic carbocycles. The highest BCUT2D eigenvalue weighted by Gasteiger charge is 2.16. The molecular weight excluding hydrogens is 428 g/mol. The first kappa shape index (κ1) is 23.1. The molecule has 3 rings (SSSR count). The van der Waals surface area contributed by atoms with Crippen molar-refractivity contribution in [2.24, 2.45) is 0 Å². The molecular formula is C24H26N2O5S.